The molecule has 5 rings (SSSR count). The lowest BCUT2D eigenvalue weighted by atomic mass is 10.1. The Morgan fingerprint density at radius 1 is 0.897 bits per heavy atom. The van der Waals surface area contributed by atoms with E-state index in [0.29, 0.717) is 25.8 Å². The first-order valence-electron chi connectivity index (χ1n) is 8.90. The topological polar surface area (TPSA) is 50.5 Å². The van der Waals surface area contributed by atoms with Gasteiger partial charge in [0, 0.05) is 5.39 Å². The summed E-state index contributed by atoms with van der Waals surface area (Å²) in [4.78, 5) is 27.8. The first-order chi connectivity index (χ1) is 14.1. The molecular formula is C23H13NO3S2. The lowest BCUT2D eigenvalue weighted by Crippen LogP contribution is -2.27. The van der Waals surface area contributed by atoms with Gasteiger partial charge in [0.15, 0.2) is 9.75 Å². The summed E-state index contributed by atoms with van der Waals surface area (Å²) in [6.45, 7) is 0. The Balaban J connectivity index is 1.59. The second-order valence-corrected chi connectivity index (χ2v) is 8.21. The number of carbonyl (C=O) groups is 1. The van der Waals surface area contributed by atoms with E-state index in [1.807, 2.05) is 42.5 Å². The van der Waals surface area contributed by atoms with E-state index in [1.165, 1.54) is 22.9 Å². The molecule has 1 aliphatic rings. The highest BCUT2D eigenvalue weighted by Crippen LogP contribution is 2.38. The highest BCUT2D eigenvalue weighted by molar-refractivity contribution is 8.27. The quantitative estimate of drug-likeness (QED) is 0.326. The standard InChI is InChI=1S/C23H13NO3S2/c25-21-15(13-27-19-11-4-3-9-17(19)21)12-20-22(26)24(23(28)29-20)18-10-5-7-14-6-1-2-8-16(14)18/h1-13H/b20-12+. The van der Waals surface area contributed by atoms with Crippen molar-refractivity contribution in [2.45, 2.75) is 0 Å². The average Bonchev–Trinajstić information content (AvgIpc) is 3.03. The molecular weight excluding hydrogens is 402 g/mol. The molecule has 0 unspecified atom stereocenters. The molecule has 0 N–H and O–H groups in total. The maximum absolute atomic E-state index is 13.2. The van der Waals surface area contributed by atoms with Crippen LogP contribution in [0.1, 0.15) is 5.56 Å². The number of benzene rings is 3. The van der Waals surface area contributed by atoms with Crippen LogP contribution in [-0.2, 0) is 4.79 Å². The van der Waals surface area contributed by atoms with E-state index < -0.39 is 0 Å². The molecule has 0 saturated carbocycles. The van der Waals surface area contributed by atoms with E-state index in [4.69, 9.17) is 16.6 Å². The van der Waals surface area contributed by atoms with Crippen molar-refractivity contribution in [2.24, 2.45) is 0 Å². The Bertz CT molecular complexity index is 1400. The highest BCUT2D eigenvalue weighted by atomic mass is 32.2. The number of nitrogens with zero attached hydrogens (tertiary/aromatic N) is 1. The Morgan fingerprint density at radius 3 is 2.48 bits per heavy atom. The number of para-hydroxylation sites is 1. The molecule has 1 saturated heterocycles. The number of thiocarbonyl (C=S) groups is 1. The number of fused-ring (bicyclic) bond motifs is 2. The average molecular weight is 415 g/mol. The number of carbonyl (C=O) groups excluding carboxylic acids is 1. The fourth-order valence-electron chi connectivity index (χ4n) is 3.41. The largest absolute Gasteiger partial charge is 0.463 e. The lowest BCUT2D eigenvalue weighted by Gasteiger charge is -2.17. The summed E-state index contributed by atoms with van der Waals surface area (Å²) in [5.41, 5.74) is 1.39. The summed E-state index contributed by atoms with van der Waals surface area (Å²) in [5, 5.41) is 2.45. The molecule has 0 aliphatic carbocycles. The Hall–Kier alpha value is -3.22. The molecule has 4 aromatic rings. The van der Waals surface area contributed by atoms with Crippen LogP contribution in [-0.4, -0.2) is 10.2 Å². The van der Waals surface area contributed by atoms with E-state index in [0.717, 1.165) is 16.5 Å². The van der Waals surface area contributed by atoms with E-state index >= 15 is 0 Å². The van der Waals surface area contributed by atoms with Gasteiger partial charge in [-0.25, -0.2) is 0 Å². The van der Waals surface area contributed by atoms with Gasteiger partial charge >= 0.3 is 0 Å². The van der Waals surface area contributed by atoms with Gasteiger partial charge in [-0.2, -0.15) is 0 Å². The van der Waals surface area contributed by atoms with Crippen molar-refractivity contribution >= 4 is 67.7 Å². The fraction of sp³-hybridized carbons (Fsp3) is 0. The molecule has 3 aromatic carbocycles. The van der Waals surface area contributed by atoms with Gasteiger partial charge in [0.2, 0.25) is 0 Å². The molecule has 1 amide bonds. The maximum atomic E-state index is 13.2. The van der Waals surface area contributed by atoms with Gasteiger partial charge in [0.1, 0.15) is 11.8 Å². The molecule has 2 heterocycles. The smallest absolute Gasteiger partial charge is 0.270 e. The van der Waals surface area contributed by atoms with Crippen LogP contribution in [0.15, 0.2) is 87.1 Å². The number of amides is 1. The monoisotopic (exact) mass is 415 g/mol. The van der Waals surface area contributed by atoms with Crippen molar-refractivity contribution in [3.8, 4) is 0 Å². The van der Waals surface area contributed by atoms with Gasteiger partial charge in [-0.3, -0.25) is 14.5 Å². The summed E-state index contributed by atoms with van der Waals surface area (Å²) in [7, 11) is 0. The number of anilines is 1. The normalized spacial score (nSPS) is 15.7. The third-order valence-electron chi connectivity index (χ3n) is 4.79. The minimum absolute atomic E-state index is 0.178. The number of rotatable bonds is 2. The Morgan fingerprint density at radius 2 is 1.62 bits per heavy atom. The van der Waals surface area contributed by atoms with Crippen LogP contribution < -0.4 is 10.3 Å². The van der Waals surface area contributed by atoms with Crippen LogP contribution in [0.25, 0.3) is 27.8 Å². The third kappa shape index (κ3) is 2.97. The van der Waals surface area contributed by atoms with Gasteiger partial charge in [-0.05, 0) is 29.7 Å². The van der Waals surface area contributed by atoms with Gasteiger partial charge in [-0.1, -0.05) is 72.5 Å². The second-order valence-electron chi connectivity index (χ2n) is 6.53. The van der Waals surface area contributed by atoms with Crippen LogP contribution in [0.5, 0.6) is 0 Å². The van der Waals surface area contributed by atoms with Gasteiger partial charge in [0.05, 0.1) is 21.5 Å². The van der Waals surface area contributed by atoms with Gasteiger partial charge in [-0.15, -0.1) is 0 Å². The van der Waals surface area contributed by atoms with Crippen molar-refractivity contribution < 1.29 is 9.21 Å². The summed E-state index contributed by atoms with van der Waals surface area (Å²) < 4.78 is 5.99. The number of thioether (sulfide) groups is 1. The number of hydrogen-bond donors (Lipinski definition) is 0. The first-order valence-corrected chi connectivity index (χ1v) is 10.1. The van der Waals surface area contributed by atoms with Crippen molar-refractivity contribution in [3.05, 3.63) is 93.7 Å². The Kier molecular flexibility index (Phi) is 4.30. The zero-order valence-electron chi connectivity index (χ0n) is 15.0. The van der Waals surface area contributed by atoms with Crippen LogP contribution in [0, 0.1) is 0 Å². The first kappa shape index (κ1) is 17.8. The molecule has 4 nitrogen and oxygen atoms in total. The van der Waals surface area contributed by atoms with Crippen molar-refractivity contribution in [2.75, 3.05) is 4.90 Å². The van der Waals surface area contributed by atoms with Gasteiger partial charge in [0.25, 0.3) is 5.91 Å². The predicted molar refractivity (Wildman–Crippen MR) is 122 cm³/mol. The summed E-state index contributed by atoms with van der Waals surface area (Å²) >= 11 is 6.67. The van der Waals surface area contributed by atoms with Crippen LogP contribution in [0.2, 0.25) is 0 Å². The molecule has 0 radical (unpaired) electrons. The summed E-state index contributed by atoms with van der Waals surface area (Å²) in [5.74, 6) is -0.246. The summed E-state index contributed by atoms with van der Waals surface area (Å²) in [6, 6.07) is 20.6. The van der Waals surface area contributed by atoms with Crippen LogP contribution in [0.3, 0.4) is 0 Å². The minimum Gasteiger partial charge on any atom is -0.463 e. The highest BCUT2D eigenvalue weighted by Gasteiger charge is 2.34. The van der Waals surface area contributed by atoms with E-state index in [1.54, 1.807) is 30.3 Å². The molecule has 1 aromatic heterocycles. The number of hydrogen-bond acceptors (Lipinski definition) is 5. The zero-order chi connectivity index (χ0) is 20.0. The molecule has 0 bridgehead atoms. The summed E-state index contributed by atoms with van der Waals surface area (Å²) in [6.07, 6.45) is 2.94. The molecule has 1 aliphatic heterocycles. The van der Waals surface area contributed by atoms with Crippen molar-refractivity contribution in [1.82, 2.24) is 0 Å². The Labute approximate surface area is 175 Å². The lowest BCUT2D eigenvalue weighted by molar-refractivity contribution is -0.113. The van der Waals surface area contributed by atoms with E-state index in [-0.39, 0.29) is 11.3 Å². The minimum atomic E-state index is -0.246. The SMILES string of the molecule is O=C1/C(=C\c2coc3ccccc3c2=O)SC(=S)N1c1cccc2ccccc12. The second kappa shape index (κ2) is 6.99. The fourth-order valence-corrected chi connectivity index (χ4v) is 4.69. The third-order valence-corrected chi connectivity index (χ3v) is 6.10. The van der Waals surface area contributed by atoms with Crippen LogP contribution in [0.4, 0.5) is 5.69 Å². The molecule has 6 heteroatoms. The molecule has 0 atom stereocenters. The predicted octanol–water partition coefficient (Wildman–Crippen LogP) is 5.35. The molecule has 1 fully saturated rings. The zero-order valence-corrected chi connectivity index (χ0v) is 16.6. The van der Waals surface area contributed by atoms with Crippen LogP contribution >= 0.6 is 24.0 Å². The molecule has 0 spiro atoms. The molecule has 29 heavy (non-hydrogen) atoms. The maximum Gasteiger partial charge on any atom is 0.270 e. The van der Waals surface area contributed by atoms with Crippen molar-refractivity contribution in [3.63, 3.8) is 0 Å². The van der Waals surface area contributed by atoms with E-state index in [9.17, 15) is 9.59 Å². The van der Waals surface area contributed by atoms with E-state index in [2.05, 4.69) is 0 Å². The molecule has 140 valence electrons. The van der Waals surface area contributed by atoms with Crippen molar-refractivity contribution in [1.29, 1.82) is 0 Å². The van der Waals surface area contributed by atoms with Gasteiger partial charge < -0.3 is 4.42 Å².